The highest BCUT2D eigenvalue weighted by molar-refractivity contribution is 5.93. The summed E-state index contributed by atoms with van der Waals surface area (Å²) in [6.45, 7) is 9.18. The van der Waals surface area contributed by atoms with Crippen molar-refractivity contribution in [3.8, 4) is 0 Å². The van der Waals surface area contributed by atoms with Gasteiger partial charge in [-0.3, -0.25) is 19.2 Å². The van der Waals surface area contributed by atoms with Gasteiger partial charge in [0.05, 0.1) is 0 Å². The molecule has 180 valence electrons. The molecule has 0 unspecified atom stereocenters. The molecule has 0 aromatic rings. The molecule has 0 saturated heterocycles. The predicted molar refractivity (Wildman–Crippen MR) is 122 cm³/mol. The number of hydrogen-bond acceptors (Lipinski definition) is 6. The molecule has 33 heavy (non-hydrogen) atoms. The molecule has 6 nitrogen and oxygen atoms in total. The molecule has 0 amide bonds. The number of ether oxygens (including phenoxy) is 2. The lowest BCUT2D eigenvalue weighted by Gasteiger charge is -2.56. The molecule has 6 heteroatoms. The molecule has 2 fully saturated rings. The highest BCUT2D eigenvalue weighted by atomic mass is 16.6. The van der Waals surface area contributed by atoms with Gasteiger partial charge in [0.15, 0.2) is 18.0 Å². The highest BCUT2D eigenvalue weighted by Crippen LogP contribution is 2.67. The van der Waals surface area contributed by atoms with Crippen molar-refractivity contribution in [3.05, 3.63) is 23.3 Å². The summed E-state index contributed by atoms with van der Waals surface area (Å²) in [4.78, 5) is 49.6. The zero-order valence-electron chi connectivity index (χ0n) is 20.5. The summed E-state index contributed by atoms with van der Waals surface area (Å²) in [5, 5.41) is 0. The van der Waals surface area contributed by atoms with Gasteiger partial charge in [0.1, 0.15) is 0 Å². The van der Waals surface area contributed by atoms with Crippen LogP contribution in [0.5, 0.6) is 0 Å². The van der Waals surface area contributed by atoms with Crippen LogP contribution in [0.2, 0.25) is 0 Å². The largest absolute Gasteiger partial charge is 0.458 e. The Hall–Kier alpha value is -2.24. The molecule has 4 aliphatic rings. The van der Waals surface area contributed by atoms with Crippen LogP contribution in [0.1, 0.15) is 79.6 Å². The second-order valence-electron chi connectivity index (χ2n) is 10.9. The third-order valence-corrected chi connectivity index (χ3v) is 9.21. The van der Waals surface area contributed by atoms with Gasteiger partial charge in [0.2, 0.25) is 5.78 Å². The average molecular weight is 457 g/mol. The number of rotatable bonds is 5. The van der Waals surface area contributed by atoms with E-state index < -0.39 is 23.0 Å². The first-order chi connectivity index (χ1) is 15.5. The highest BCUT2D eigenvalue weighted by Gasteiger charge is 2.67. The minimum absolute atomic E-state index is 0.120. The third-order valence-electron chi connectivity index (χ3n) is 9.21. The first kappa shape index (κ1) is 23.9. The number of carbonyl (C=O) groups excluding carboxylic acids is 4. The number of fused-ring (bicyclic) bond motifs is 5. The molecule has 4 aliphatic carbocycles. The Bertz CT molecular complexity index is 960. The molecular weight excluding hydrogens is 420 g/mol. The summed E-state index contributed by atoms with van der Waals surface area (Å²) in [5.74, 6) is -0.279. The Morgan fingerprint density at radius 2 is 1.88 bits per heavy atom. The quantitative estimate of drug-likeness (QED) is 0.447. The van der Waals surface area contributed by atoms with Gasteiger partial charge in [-0.1, -0.05) is 44.9 Å². The average Bonchev–Trinajstić information content (AvgIpc) is 3.06. The van der Waals surface area contributed by atoms with Crippen LogP contribution < -0.4 is 0 Å². The second kappa shape index (κ2) is 8.21. The van der Waals surface area contributed by atoms with E-state index >= 15 is 0 Å². The fraction of sp³-hybridized carbons (Fsp3) is 0.704. The lowest BCUT2D eigenvalue weighted by atomic mass is 9.48. The minimum atomic E-state index is -1.29. The molecule has 6 atom stereocenters. The molecule has 2 saturated carbocycles. The summed E-state index contributed by atoms with van der Waals surface area (Å²) in [7, 11) is 0. The van der Waals surface area contributed by atoms with Gasteiger partial charge in [-0.25, -0.2) is 0 Å². The molecule has 0 bridgehead atoms. The predicted octanol–water partition coefficient (Wildman–Crippen LogP) is 4.51. The summed E-state index contributed by atoms with van der Waals surface area (Å²) in [6, 6.07) is 0. The van der Waals surface area contributed by atoms with Gasteiger partial charge in [0.25, 0.3) is 0 Å². The topological polar surface area (TPSA) is 86.7 Å². The molecule has 0 spiro atoms. The van der Waals surface area contributed by atoms with Crippen molar-refractivity contribution in [2.75, 3.05) is 6.61 Å². The zero-order chi connectivity index (χ0) is 24.2. The molecule has 0 aliphatic heterocycles. The van der Waals surface area contributed by atoms with Crippen molar-refractivity contribution in [2.24, 2.45) is 28.6 Å². The molecule has 0 heterocycles. The maximum Gasteiger partial charge on any atom is 0.306 e. The first-order valence-corrected chi connectivity index (χ1v) is 12.3. The van der Waals surface area contributed by atoms with E-state index in [4.69, 9.17) is 9.47 Å². The van der Waals surface area contributed by atoms with Crippen LogP contribution in [0.3, 0.4) is 0 Å². The summed E-state index contributed by atoms with van der Waals surface area (Å²) < 4.78 is 11.1. The smallest absolute Gasteiger partial charge is 0.306 e. The van der Waals surface area contributed by atoms with Crippen LogP contribution >= 0.6 is 0 Å². The number of carbonyl (C=O) groups is 4. The lowest BCUT2D eigenvalue weighted by Crippen LogP contribution is -2.58. The SMILES string of the molecule is CCC(=O)O[C@]1(C(=O)COC(C)=O)CC[C@H]2[C@@H]3C[C@H](C)C4=CC(=O)CC[C@]4(C)C3=CC[C@@]21C. The molecule has 0 radical (unpaired) electrons. The molecule has 0 aromatic heterocycles. The monoisotopic (exact) mass is 456 g/mol. The van der Waals surface area contributed by atoms with Crippen molar-refractivity contribution in [2.45, 2.75) is 85.2 Å². The van der Waals surface area contributed by atoms with E-state index in [-0.39, 0.29) is 47.8 Å². The van der Waals surface area contributed by atoms with E-state index in [1.807, 2.05) is 6.08 Å². The van der Waals surface area contributed by atoms with Crippen molar-refractivity contribution >= 4 is 23.5 Å². The van der Waals surface area contributed by atoms with Crippen LogP contribution in [-0.2, 0) is 28.7 Å². The maximum atomic E-state index is 13.5. The van der Waals surface area contributed by atoms with Gasteiger partial charge in [-0.15, -0.1) is 0 Å². The van der Waals surface area contributed by atoms with E-state index in [0.29, 0.717) is 19.3 Å². The lowest BCUT2D eigenvalue weighted by molar-refractivity contribution is -0.186. The van der Waals surface area contributed by atoms with Gasteiger partial charge in [0, 0.05) is 30.6 Å². The maximum absolute atomic E-state index is 13.5. The van der Waals surface area contributed by atoms with Crippen LogP contribution in [0.15, 0.2) is 23.3 Å². The standard InChI is InChI=1S/C27H36O6/c1-6-24(31)33-27(23(30)15-32-17(3)28)12-9-21-19-13-16(2)22-14-18(29)7-10-25(22,4)20(19)8-11-26(21,27)5/h8,14,16,19,21H,6-7,9-13,15H2,1-5H3/t16-,19+,21-,25+,26-,27-/m0/s1. The zero-order valence-corrected chi connectivity index (χ0v) is 20.5. The van der Waals surface area contributed by atoms with Crippen LogP contribution in [-0.4, -0.2) is 35.7 Å². The van der Waals surface area contributed by atoms with Gasteiger partial charge < -0.3 is 9.47 Å². The molecule has 4 rings (SSSR count). The van der Waals surface area contributed by atoms with Crippen molar-refractivity contribution in [1.82, 2.24) is 0 Å². The Balaban J connectivity index is 1.76. The fourth-order valence-electron chi connectivity index (χ4n) is 7.50. The van der Waals surface area contributed by atoms with E-state index in [1.54, 1.807) is 6.92 Å². The van der Waals surface area contributed by atoms with Crippen molar-refractivity contribution in [3.63, 3.8) is 0 Å². The number of esters is 2. The number of Topliss-reactive ketones (excluding diaryl/α,β-unsaturated/α-hetero) is 1. The molecule has 0 aromatic carbocycles. The van der Waals surface area contributed by atoms with E-state index in [0.717, 1.165) is 19.3 Å². The Morgan fingerprint density at radius 1 is 1.15 bits per heavy atom. The van der Waals surface area contributed by atoms with Gasteiger partial charge >= 0.3 is 11.9 Å². The van der Waals surface area contributed by atoms with Crippen molar-refractivity contribution < 1.29 is 28.7 Å². The normalized spacial score (nSPS) is 39.4. The van der Waals surface area contributed by atoms with Crippen LogP contribution in [0.25, 0.3) is 0 Å². The number of hydrogen-bond donors (Lipinski definition) is 0. The third kappa shape index (κ3) is 3.52. The first-order valence-electron chi connectivity index (χ1n) is 12.3. The Labute approximate surface area is 196 Å². The Morgan fingerprint density at radius 3 is 2.55 bits per heavy atom. The van der Waals surface area contributed by atoms with E-state index in [9.17, 15) is 19.2 Å². The summed E-state index contributed by atoms with van der Waals surface area (Å²) >= 11 is 0. The van der Waals surface area contributed by atoms with Crippen LogP contribution in [0.4, 0.5) is 0 Å². The van der Waals surface area contributed by atoms with Gasteiger partial charge in [-0.2, -0.15) is 0 Å². The fourth-order valence-corrected chi connectivity index (χ4v) is 7.50. The minimum Gasteiger partial charge on any atom is -0.458 e. The van der Waals surface area contributed by atoms with E-state index in [1.165, 1.54) is 18.1 Å². The van der Waals surface area contributed by atoms with Crippen LogP contribution in [0, 0.1) is 28.6 Å². The summed E-state index contributed by atoms with van der Waals surface area (Å²) in [6.07, 6.45) is 8.51. The van der Waals surface area contributed by atoms with E-state index in [2.05, 4.69) is 26.8 Å². The second-order valence-corrected chi connectivity index (χ2v) is 10.9. The van der Waals surface area contributed by atoms with Crippen molar-refractivity contribution in [1.29, 1.82) is 0 Å². The summed E-state index contributed by atoms with van der Waals surface area (Å²) in [5.41, 5.74) is 0.671. The number of ketones is 2. The van der Waals surface area contributed by atoms with Gasteiger partial charge in [-0.05, 0) is 55.9 Å². The number of allylic oxidation sites excluding steroid dienone is 4. The Kier molecular flexibility index (Phi) is 5.95. The molecule has 0 N–H and O–H groups in total. The molecular formula is C27H36O6.